The molecule has 0 atom stereocenters. The first-order valence-electron chi connectivity index (χ1n) is 6.63. The van der Waals surface area contributed by atoms with Crippen LogP contribution in [0.3, 0.4) is 0 Å². The summed E-state index contributed by atoms with van der Waals surface area (Å²) in [5.74, 6) is 0.791. The summed E-state index contributed by atoms with van der Waals surface area (Å²) in [5, 5.41) is 0. The Morgan fingerprint density at radius 2 is 1.67 bits per heavy atom. The van der Waals surface area contributed by atoms with Crippen LogP contribution in [0.25, 0.3) is 0 Å². The Morgan fingerprint density at radius 3 is 2.07 bits per heavy atom. The van der Waals surface area contributed by atoms with Gasteiger partial charge in [0.1, 0.15) is 0 Å². The van der Waals surface area contributed by atoms with E-state index in [9.17, 15) is 0 Å². The molecule has 0 saturated carbocycles. The third kappa shape index (κ3) is 7.84. The maximum absolute atomic E-state index is 2.59. The maximum Gasteiger partial charge on any atom is 0.000427 e. The maximum atomic E-state index is 2.59. The second-order valence-corrected chi connectivity index (χ2v) is 5.95. The molecular formula is C14H31N. The largest absolute Gasteiger partial charge is 0.303 e. The number of hydrogen-bond donors (Lipinski definition) is 0. The summed E-state index contributed by atoms with van der Waals surface area (Å²) in [6.45, 7) is 17.7. The molecule has 0 aromatic carbocycles. The predicted molar refractivity (Wildman–Crippen MR) is 70.3 cm³/mol. The summed E-state index contributed by atoms with van der Waals surface area (Å²) >= 11 is 0. The Morgan fingerprint density at radius 1 is 1.07 bits per heavy atom. The van der Waals surface area contributed by atoms with Gasteiger partial charge in [-0.25, -0.2) is 0 Å². The molecule has 0 unspecified atom stereocenters. The van der Waals surface area contributed by atoms with Crippen molar-refractivity contribution in [1.29, 1.82) is 0 Å². The van der Waals surface area contributed by atoms with Gasteiger partial charge in [0.05, 0.1) is 0 Å². The topological polar surface area (TPSA) is 3.24 Å². The highest BCUT2D eigenvalue weighted by Crippen LogP contribution is 2.26. The van der Waals surface area contributed by atoms with Crippen LogP contribution in [-0.2, 0) is 0 Å². The van der Waals surface area contributed by atoms with Crippen LogP contribution in [0.15, 0.2) is 0 Å². The molecule has 0 aliphatic rings. The molecule has 15 heavy (non-hydrogen) atoms. The van der Waals surface area contributed by atoms with Crippen molar-refractivity contribution in [2.24, 2.45) is 11.3 Å². The first kappa shape index (κ1) is 15.0. The van der Waals surface area contributed by atoms with Crippen molar-refractivity contribution in [2.45, 2.75) is 60.8 Å². The fourth-order valence-corrected chi connectivity index (χ4v) is 2.16. The van der Waals surface area contributed by atoms with Crippen LogP contribution in [0.5, 0.6) is 0 Å². The standard InChI is InChI=1S/C14H31N/c1-7-9-14(5,6)10-11-15(8-2)12-13(3)4/h13H,7-12H2,1-6H3. The van der Waals surface area contributed by atoms with Gasteiger partial charge in [-0.05, 0) is 37.3 Å². The molecule has 1 nitrogen and oxygen atoms in total. The quantitative estimate of drug-likeness (QED) is 0.584. The van der Waals surface area contributed by atoms with Gasteiger partial charge in [0.15, 0.2) is 0 Å². The van der Waals surface area contributed by atoms with E-state index in [1.165, 1.54) is 38.9 Å². The van der Waals surface area contributed by atoms with Gasteiger partial charge in [0, 0.05) is 6.54 Å². The Balaban J connectivity index is 3.88. The van der Waals surface area contributed by atoms with Crippen molar-refractivity contribution in [1.82, 2.24) is 4.90 Å². The second kappa shape index (κ2) is 7.27. The molecule has 0 fully saturated rings. The first-order chi connectivity index (χ1) is 6.91. The average Bonchev–Trinajstić information content (AvgIpc) is 2.11. The molecule has 0 N–H and O–H groups in total. The molecule has 0 aliphatic carbocycles. The molecule has 92 valence electrons. The zero-order valence-electron chi connectivity index (χ0n) is 11.8. The number of rotatable bonds is 8. The Kier molecular flexibility index (Phi) is 7.25. The van der Waals surface area contributed by atoms with E-state index >= 15 is 0 Å². The summed E-state index contributed by atoms with van der Waals surface area (Å²) in [6.07, 6.45) is 4.00. The smallest absolute Gasteiger partial charge is 0.000427 e. The van der Waals surface area contributed by atoms with Gasteiger partial charge in [0.2, 0.25) is 0 Å². The summed E-state index contributed by atoms with van der Waals surface area (Å²) < 4.78 is 0. The lowest BCUT2D eigenvalue weighted by Gasteiger charge is -2.29. The third-order valence-corrected chi connectivity index (χ3v) is 3.10. The van der Waals surface area contributed by atoms with E-state index < -0.39 is 0 Å². The molecule has 0 bridgehead atoms. The lowest BCUT2D eigenvalue weighted by molar-refractivity contribution is 0.199. The van der Waals surface area contributed by atoms with Gasteiger partial charge in [-0.15, -0.1) is 0 Å². The summed E-state index contributed by atoms with van der Waals surface area (Å²) in [5.41, 5.74) is 0.527. The third-order valence-electron chi connectivity index (χ3n) is 3.10. The average molecular weight is 213 g/mol. The Bertz CT molecular complexity index is 149. The van der Waals surface area contributed by atoms with Crippen LogP contribution in [-0.4, -0.2) is 24.5 Å². The molecule has 0 aliphatic heterocycles. The van der Waals surface area contributed by atoms with Crippen LogP contribution >= 0.6 is 0 Å². The van der Waals surface area contributed by atoms with Crippen molar-refractivity contribution >= 4 is 0 Å². The zero-order chi connectivity index (χ0) is 11.9. The Labute approximate surface area is 97.2 Å². The lowest BCUT2D eigenvalue weighted by atomic mass is 9.84. The van der Waals surface area contributed by atoms with E-state index in [-0.39, 0.29) is 0 Å². The molecule has 0 radical (unpaired) electrons. The minimum atomic E-state index is 0.527. The predicted octanol–water partition coefficient (Wildman–Crippen LogP) is 4.18. The molecule has 0 heterocycles. The molecule has 1 heteroatoms. The summed E-state index contributed by atoms with van der Waals surface area (Å²) in [6, 6.07) is 0. The number of nitrogens with zero attached hydrogens (tertiary/aromatic N) is 1. The van der Waals surface area contributed by atoms with Crippen molar-refractivity contribution in [3.05, 3.63) is 0 Å². The molecule has 0 spiro atoms. The van der Waals surface area contributed by atoms with Gasteiger partial charge in [0.25, 0.3) is 0 Å². The summed E-state index contributed by atoms with van der Waals surface area (Å²) in [4.78, 5) is 2.59. The zero-order valence-corrected chi connectivity index (χ0v) is 11.8. The van der Waals surface area contributed by atoms with Crippen LogP contribution in [0.2, 0.25) is 0 Å². The van der Waals surface area contributed by atoms with E-state index in [0.29, 0.717) is 5.41 Å². The van der Waals surface area contributed by atoms with Gasteiger partial charge in [-0.1, -0.05) is 48.0 Å². The van der Waals surface area contributed by atoms with Crippen molar-refractivity contribution in [3.63, 3.8) is 0 Å². The van der Waals surface area contributed by atoms with Crippen molar-refractivity contribution in [3.8, 4) is 0 Å². The van der Waals surface area contributed by atoms with E-state index in [1.807, 2.05) is 0 Å². The summed E-state index contributed by atoms with van der Waals surface area (Å²) in [7, 11) is 0. The van der Waals surface area contributed by atoms with Crippen molar-refractivity contribution in [2.75, 3.05) is 19.6 Å². The Hall–Kier alpha value is -0.0400. The second-order valence-electron chi connectivity index (χ2n) is 5.95. The minimum absolute atomic E-state index is 0.527. The van der Waals surface area contributed by atoms with Crippen LogP contribution in [0.1, 0.15) is 60.8 Å². The fraction of sp³-hybridized carbons (Fsp3) is 1.00. The van der Waals surface area contributed by atoms with Crippen LogP contribution in [0, 0.1) is 11.3 Å². The van der Waals surface area contributed by atoms with Gasteiger partial charge >= 0.3 is 0 Å². The molecular weight excluding hydrogens is 182 g/mol. The normalized spacial score (nSPS) is 12.8. The molecule has 0 saturated heterocycles. The van der Waals surface area contributed by atoms with E-state index in [1.54, 1.807) is 0 Å². The van der Waals surface area contributed by atoms with Gasteiger partial charge < -0.3 is 4.90 Å². The van der Waals surface area contributed by atoms with Crippen molar-refractivity contribution < 1.29 is 0 Å². The van der Waals surface area contributed by atoms with E-state index in [4.69, 9.17) is 0 Å². The highest BCUT2D eigenvalue weighted by Gasteiger charge is 2.17. The van der Waals surface area contributed by atoms with Gasteiger partial charge in [-0.3, -0.25) is 0 Å². The lowest BCUT2D eigenvalue weighted by Crippen LogP contribution is -2.31. The van der Waals surface area contributed by atoms with Crippen LogP contribution in [0.4, 0.5) is 0 Å². The molecule has 0 rings (SSSR count). The highest BCUT2D eigenvalue weighted by atomic mass is 15.1. The highest BCUT2D eigenvalue weighted by molar-refractivity contribution is 4.70. The molecule has 0 aromatic rings. The first-order valence-corrected chi connectivity index (χ1v) is 6.63. The molecule has 0 aromatic heterocycles. The molecule has 0 amide bonds. The van der Waals surface area contributed by atoms with E-state index in [2.05, 4.69) is 46.4 Å². The minimum Gasteiger partial charge on any atom is -0.303 e. The van der Waals surface area contributed by atoms with Crippen LogP contribution < -0.4 is 0 Å². The number of hydrogen-bond acceptors (Lipinski definition) is 1. The fourth-order valence-electron chi connectivity index (χ4n) is 2.16. The van der Waals surface area contributed by atoms with Gasteiger partial charge in [-0.2, -0.15) is 0 Å². The monoisotopic (exact) mass is 213 g/mol. The van der Waals surface area contributed by atoms with E-state index in [0.717, 1.165) is 5.92 Å². The SMILES string of the molecule is CCCC(C)(C)CCN(CC)CC(C)C.